The summed E-state index contributed by atoms with van der Waals surface area (Å²) >= 11 is 12.3. The Balaban J connectivity index is 0.000000225. The molecule has 0 aliphatic carbocycles. The summed E-state index contributed by atoms with van der Waals surface area (Å²) in [5, 5.41) is 18.9. The van der Waals surface area contributed by atoms with Crippen molar-refractivity contribution in [2.75, 3.05) is 46.0 Å². The minimum Gasteiger partial charge on any atom is -0.480 e. The van der Waals surface area contributed by atoms with Gasteiger partial charge in [-0.15, -0.1) is 11.5 Å². The van der Waals surface area contributed by atoms with Crippen molar-refractivity contribution < 1.29 is 52.8 Å². The molecule has 18 nitrogen and oxygen atoms in total. The van der Waals surface area contributed by atoms with Crippen LogP contribution in [0.4, 0.5) is 10.5 Å². The number of carbonyl (C=O) groups excluding carboxylic acids is 1. The SMILES string of the molecule is C#CCOc1cc(-n2nc3n(c2=O)CCCC3)c(Cl)cc1Cl.CON(C)C(=O)Nc1ccc(Oc2ccc3c(c2)OC(C)(OC)CC3(C)C)cc1.O=C(O)CNCP(=O)(O)O. The van der Waals surface area contributed by atoms with Crippen molar-refractivity contribution in [2.45, 2.75) is 64.2 Å². The zero-order valence-electron chi connectivity index (χ0n) is 34.4. The van der Waals surface area contributed by atoms with E-state index in [0.717, 1.165) is 47.9 Å². The minimum absolute atomic E-state index is 0.0773. The maximum atomic E-state index is 12.5. The van der Waals surface area contributed by atoms with Gasteiger partial charge in [0.2, 0.25) is 5.79 Å². The lowest BCUT2D eigenvalue weighted by Gasteiger charge is -2.43. The predicted molar refractivity (Wildman–Crippen MR) is 228 cm³/mol. The van der Waals surface area contributed by atoms with Gasteiger partial charge in [-0.2, -0.15) is 4.68 Å². The first-order valence-electron chi connectivity index (χ1n) is 18.7. The standard InChI is InChI=1S/C22H28N2O5.C15H13Cl2N3O2.C3H8NO5P/c1-21(2)14-22(3,26-5)29-19-13-17(11-12-18(19)21)28-16-9-7-15(8-10-16)23-20(25)24(4)27-6;1-2-7-22-13-9-12(10(16)8-11(13)17)20-15(21)19-6-4-3-5-14(19)18-20;5-3(6)1-4-2-10(7,8)9/h7-13H,14H2,1-6H3,(H,23,25);1,8-9H,3-7H2;4H,1-2H2,(H,5,6)(H2,7,8,9). The average molecular weight is 908 g/mol. The van der Waals surface area contributed by atoms with E-state index < -0.39 is 32.2 Å². The van der Waals surface area contributed by atoms with Gasteiger partial charge in [0.25, 0.3) is 0 Å². The molecule has 3 aromatic carbocycles. The number of benzene rings is 3. The number of terminal acetylenes is 1. The van der Waals surface area contributed by atoms with Crippen LogP contribution in [0.3, 0.4) is 0 Å². The fourth-order valence-electron chi connectivity index (χ4n) is 6.29. The van der Waals surface area contributed by atoms with E-state index in [9.17, 15) is 18.9 Å². The zero-order chi connectivity index (χ0) is 45.1. The van der Waals surface area contributed by atoms with Crippen LogP contribution in [-0.2, 0) is 37.3 Å². The van der Waals surface area contributed by atoms with Crippen LogP contribution in [0.15, 0.2) is 59.4 Å². The number of carboxylic acid groups (broad SMARTS) is 1. The highest BCUT2D eigenvalue weighted by Gasteiger charge is 2.42. The molecule has 2 aliphatic rings. The lowest BCUT2D eigenvalue weighted by atomic mass is 9.76. The van der Waals surface area contributed by atoms with Crippen LogP contribution < -0.4 is 30.5 Å². The number of methoxy groups -OCH3 is 1. The van der Waals surface area contributed by atoms with E-state index in [2.05, 4.69) is 35.5 Å². The van der Waals surface area contributed by atoms with E-state index in [4.69, 9.17) is 68.3 Å². The number of carboxylic acids is 1. The molecule has 2 aliphatic heterocycles. The van der Waals surface area contributed by atoms with Crippen LogP contribution in [0.25, 0.3) is 5.69 Å². The number of nitrogens with one attached hydrogen (secondary N) is 2. The Hall–Kier alpha value is -5.09. The number of nitrogens with zero attached hydrogens (tertiary/aromatic N) is 4. The number of halogens is 2. The number of amides is 2. The van der Waals surface area contributed by atoms with E-state index in [0.29, 0.717) is 45.2 Å². The number of aryl methyl sites for hydroxylation is 1. The van der Waals surface area contributed by atoms with E-state index in [1.165, 1.54) is 24.9 Å². The molecule has 3 heterocycles. The Labute approximate surface area is 362 Å². The molecule has 2 amide bonds. The summed E-state index contributed by atoms with van der Waals surface area (Å²) in [5.41, 5.74) is 1.91. The van der Waals surface area contributed by atoms with Gasteiger partial charge in [0.15, 0.2) is 0 Å². The zero-order valence-corrected chi connectivity index (χ0v) is 36.8. The second-order valence-corrected chi connectivity index (χ2v) is 16.9. The molecular weight excluding hydrogens is 858 g/mol. The molecule has 1 aromatic heterocycles. The first kappa shape index (κ1) is 48.6. The smallest absolute Gasteiger partial charge is 0.350 e. The first-order valence-corrected chi connectivity index (χ1v) is 21.2. The van der Waals surface area contributed by atoms with Crippen LogP contribution in [0.2, 0.25) is 10.0 Å². The molecule has 6 rings (SSSR count). The van der Waals surface area contributed by atoms with Gasteiger partial charge in [-0.25, -0.2) is 14.7 Å². The highest BCUT2D eigenvalue weighted by molar-refractivity contribution is 7.51. The summed E-state index contributed by atoms with van der Waals surface area (Å²) in [6.45, 7) is 6.62. The molecule has 0 radical (unpaired) electrons. The second-order valence-electron chi connectivity index (χ2n) is 14.5. The molecule has 0 fully saturated rings. The lowest BCUT2D eigenvalue weighted by molar-refractivity contribution is -0.172. The van der Waals surface area contributed by atoms with E-state index in [-0.39, 0.29) is 23.7 Å². The molecule has 0 saturated heterocycles. The van der Waals surface area contributed by atoms with Gasteiger partial charge >= 0.3 is 25.3 Å². The fourth-order valence-corrected chi connectivity index (χ4v) is 7.21. The average Bonchev–Trinajstić information content (AvgIpc) is 3.53. The van der Waals surface area contributed by atoms with Gasteiger partial charge in [0.05, 0.1) is 35.7 Å². The number of aromatic nitrogens is 3. The third-order valence-corrected chi connectivity index (χ3v) is 10.4. The van der Waals surface area contributed by atoms with E-state index >= 15 is 0 Å². The van der Waals surface area contributed by atoms with Gasteiger partial charge < -0.3 is 39.2 Å². The van der Waals surface area contributed by atoms with Crippen LogP contribution in [-0.4, -0.2) is 92.8 Å². The van der Waals surface area contributed by atoms with Crippen molar-refractivity contribution >= 4 is 48.5 Å². The molecule has 1 unspecified atom stereocenters. The lowest BCUT2D eigenvalue weighted by Crippen LogP contribution is -2.45. The van der Waals surface area contributed by atoms with Crippen molar-refractivity contribution in [3.8, 4) is 41.0 Å². The number of ether oxygens (including phenoxy) is 4. The number of carbonyl (C=O) groups is 2. The third-order valence-electron chi connectivity index (χ3n) is 9.21. The molecule has 0 saturated carbocycles. The number of hydrogen-bond acceptors (Lipinski definition) is 11. The van der Waals surface area contributed by atoms with E-state index in [1.807, 2.05) is 25.1 Å². The second kappa shape index (κ2) is 21.1. The van der Waals surface area contributed by atoms with Crippen molar-refractivity contribution in [3.63, 3.8) is 0 Å². The Bertz CT molecular complexity index is 2330. The van der Waals surface area contributed by atoms with Crippen molar-refractivity contribution in [2.24, 2.45) is 0 Å². The largest absolute Gasteiger partial charge is 0.480 e. The maximum Gasteiger partial charge on any atom is 0.350 e. The Morgan fingerprint density at radius 2 is 1.74 bits per heavy atom. The molecule has 0 spiro atoms. The topological polar surface area (TPSA) is 225 Å². The van der Waals surface area contributed by atoms with Gasteiger partial charge in [0, 0.05) is 63.9 Å². The number of fused-ring (bicyclic) bond motifs is 2. The summed E-state index contributed by atoms with van der Waals surface area (Å²) in [6, 6.07) is 15.7. The number of rotatable bonds is 12. The number of hydrogen-bond donors (Lipinski definition) is 5. The van der Waals surface area contributed by atoms with Gasteiger partial charge in [0.1, 0.15) is 35.4 Å². The number of hydroxylamine groups is 2. The highest BCUT2D eigenvalue weighted by Crippen LogP contribution is 2.46. The molecule has 21 heteroatoms. The Morgan fingerprint density at radius 1 is 1.05 bits per heavy atom. The summed E-state index contributed by atoms with van der Waals surface area (Å²) in [5.74, 6) is 3.76. The molecule has 0 bridgehead atoms. The van der Waals surface area contributed by atoms with Gasteiger partial charge in [-0.1, -0.05) is 49.0 Å². The number of anilines is 1. The fraction of sp³-hybridized carbons (Fsp3) is 0.400. The summed E-state index contributed by atoms with van der Waals surface area (Å²) in [7, 11) is 0.517. The normalized spacial score (nSPS) is 16.1. The predicted octanol–water partition coefficient (Wildman–Crippen LogP) is 6.41. The highest BCUT2D eigenvalue weighted by atomic mass is 35.5. The molecule has 4 aromatic rings. The van der Waals surface area contributed by atoms with E-state index in [1.54, 1.807) is 42.0 Å². The van der Waals surface area contributed by atoms with Crippen LogP contribution >= 0.6 is 30.8 Å². The maximum absolute atomic E-state index is 12.5. The van der Waals surface area contributed by atoms with Crippen LogP contribution in [0.1, 0.15) is 51.4 Å². The molecular formula is C40H49Cl2N6O12P. The summed E-state index contributed by atoms with van der Waals surface area (Å²) < 4.78 is 36.1. The first-order chi connectivity index (χ1) is 28.7. The van der Waals surface area contributed by atoms with Gasteiger partial charge in [-0.05, 0) is 54.7 Å². The third kappa shape index (κ3) is 13.7. The minimum atomic E-state index is -4.10. The summed E-state index contributed by atoms with van der Waals surface area (Å²) in [4.78, 5) is 55.3. The van der Waals surface area contributed by atoms with Crippen molar-refractivity contribution in [1.82, 2.24) is 24.7 Å². The van der Waals surface area contributed by atoms with Crippen molar-refractivity contribution in [1.29, 1.82) is 0 Å². The Kier molecular flexibility index (Phi) is 16.8. The quantitative estimate of drug-likeness (QED) is 0.0589. The van der Waals surface area contributed by atoms with Crippen LogP contribution in [0, 0.1) is 12.3 Å². The Morgan fingerprint density at radius 3 is 2.34 bits per heavy atom. The molecule has 1 atom stereocenters. The van der Waals surface area contributed by atoms with Crippen LogP contribution in [0.5, 0.6) is 23.0 Å². The van der Waals surface area contributed by atoms with Gasteiger partial charge in [-0.3, -0.25) is 24.1 Å². The monoisotopic (exact) mass is 906 g/mol. The summed E-state index contributed by atoms with van der Waals surface area (Å²) in [6.07, 6.45) is 8.13. The number of aliphatic carboxylic acids is 1. The van der Waals surface area contributed by atoms with Crippen molar-refractivity contribution in [3.05, 3.63) is 86.5 Å². The molecule has 5 N–H and O–H groups in total. The number of urea groups is 1. The molecule has 330 valence electrons. The molecule has 61 heavy (non-hydrogen) atoms.